The Hall–Kier alpha value is -1.73. The van der Waals surface area contributed by atoms with Gasteiger partial charge in [0.05, 0.1) is 17.5 Å². The van der Waals surface area contributed by atoms with Crippen molar-refractivity contribution in [3.63, 3.8) is 0 Å². The van der Waals surface area contributed by atoms with Crippen molar-refractivity contribution in [2.75, 3.05) is 5.32 Å². The quantitative estimate of drug-likeness (QED) is 0.785. The number of carbonyl (C=O) groups excluding carboxylic acids is 1. The smallest absolute Gasteiger partial charge is 0.307 e. The zero-order valence-corrected chi connectivity index (χ0v) is 15.3. The lowest BCUT2D eigenvalue weighted by Gasteiger charge is -2.26. The first-order valence-electron chi connectivity index (χ1n) is 7.80. The average molecular weight is 409 g/mol. The molecule has 1 aromatic carbocycles. The summed E-state index contributed by atoms with van der Waals surface area (Å²) in [5.74, 6) is -2.19. The van der Waals surface area contributed by atoms with Crippen molar-refractivity contribution in [3.05, 3.63) is 34.1 Å². The molecule has 1 fully saturated rings. The summed E-state index contributed by atoms with van der Waals surface area (Å²) in [6.07, 6.45) is 2.94. The highest BCUT2D eigenvalue weighted by molar-refractivity contribution is 9.10. The van der Waals surface area contributed by atoms with Gasteiger partial charge in [0, 0.05) is 15.4 Å². The van der Waals surface area contributed by atoms with Crippen LogP contribution < -0.4 is 5.32 Å². The number of nitrogens with one attached hydrogen (secondary N) is 1. The minimum absolute atomic E-state index is 0.237. The lowest BCUT2D eigenvalue weighted by Crippen LogP contribution is -2.36. The first-order valence-corrected chi connectivity index (χ1v) is 9.47. The summed E-state index contributed by atoms with van der Waals surface area (Å²) in [6, 6.07) is 7.78. The summed E-state index contributed by atoms with van der Waals surface area (Å²) < 4.78 is 0.993. The number of thiazole rings is 1. The number of aromatic nitrogens is 1. The molecular weight excluding hydrogens is 392 g/mol. The molecule has 2 aromatic rings. The van der Waals surface area contributed by atoms with Gasteiger partial charge in [-0.05, 0) is 25.0 Å². The lowest BCUT2D eigenvalue weighted by atomic mass is 9.79. The standard InChI is InChI=1S/C17H17BrN2O3S/c18-11-7-5-10(6-8-11)14-9-24-17(19-14)20-15(21)12-3-1-2-4-13(12)16(22)23/h5-9,12-13H,1-4H2,(H,22,23)(H,19,20,21)/t12-,13-/m0/s1. The fourth-order valence-electron chi connectivity index (χ4n) is 3.02. The fraction of sp³-hybridized carbons (Fsp3) is 0.353. The van der Waals surface area contributed by atoms with Gasteiger partial charge in [0.25, 0.3) is 0 Å². The average Bonchev–Trinajstić information content (AvgIpc) is 3.04. The molecule has 5 nitrogen and oxygen atoms in total. The van der Waals surface area contributed by atoms with Gasteiger partial charge >= 0.3 is 5.97 Å². The zero-order valence-electron chi connectivity index (χ0n) is 12.9. The summed E-state index contributed by atoms with van der Waals surface area (Å²) in [6.45, 7) is 0. The second kappa shape index (κ2) is 7.44. The maximum atomic E-state index is 12.5. The largest absolute Gasteiger partial charge is 0.481 e. The van der Waals surface area contributed by atoms with Crippen LogP contribution in [-0.4, -0.2) is 22.0 Å². The van der Waals surface area contributed by atoms with E-state index in [0.717, 1.165) is 28.6 Å². The van der Waals surface area contributed by atoms with Crippen LogP contribution in [0.5, 0.6) is 0 Å². The molecule has 0 unspecified atom stereocenters. The molecule has 7 heteroatoms. The molecule has 0 saturated heterocycles. The van der Waals surface area contributed by atoms with Crippen LogP contribution in [0.1, 0.15) is 25.7 Å². The summed E-state index contributed by atoms with van der Waals surface area (Å²) in [5.41, 5.74) is 1.76. The number of nitrogens with zero attached hydrogens (tertiary/aromatic N) is 1. The second-order valence-corrected chi connectivity index (χ2v) is 7.64. The summed E-state index contributed by atoms with van der Waals surface area (Å²) in [7, 11) is 0. The summed E-state index contributed by atoms with van der Waals surface area (Å²) in [4.78, 5) is 28.2. The highest BCUT2D eigenvalue weighted by Crippen LogP contribution is 2.32. The molecule has 1 saturated carbocycles. The van der Waals surface area contributed by atoms with Crippen LogP contribution in [0.3, 0.4) is 0 Å². The van der Waals surface area contributed by atoms with Crippen molar-refractivity contribution in [2.45, 2.75) is 25.7 Å². The van der Waals surface area contributed by atoms with Crippen molar-refractivity contribution in [3.8, 4) is 11.3 Å². The zero-order chi connectivity index (χ0) is 17.1. The Morgan fingerprint density at radius 3 is 2.50 bits per heavy atom. The van der Waals surface area contributed by atoms with Gasteiger partial charge < -0.3 is 10.4 Å². The predicted octanol–water partition coefficient (Wildman–Crippen LogP) is 4.40. The highest BCUT2D eigenvalue weighted by Gasteiger charge is 2.35. The lowest BCUT2D eigenvalue weighted by molar-refractivity contribution is -0.147. The maximum Gasteiger partial charge on any atom is 0.307 e. The molecule has 2 atom stereocenters. The number of hydrogen-bond acceptors (Lipinski definition) is 4. The van der Waals surface area contributed by atoms with Crippen molar-refractivity contribution < 1.29 is 14.7 Å². The molecule has 1 aliphatic rings. The third-order valence-corrected chi connectivity index (χ3v) is 5.58. The van der Waals surface area contributed by atoms with E-state index in [2.05, 4.69) is 26.2 Å². The van der Waals surface area contributed by atoms with Crippen LogP contribution in [0.2, 0.25) is 0 Å². The van der Waals surface area contributed by atoms with Crippen LogP contribution in [0.4, 0.5) is 5.13 Å². The van der Waals surface area contributed by atoms with E-state index in [1.807, 2.05) is 29.6 Å². The van der Waals surface area contributed by atoms with Gasteiger partial charge in [0.2, 0.25) is 5.91 Å². The summed E-state index contributed by atoms with van der Waals surface area (Å²) >= 11 is 4.74. The number of benzene rings is 1. The van der Waals surface area contributed by atoms with E-state index < -0.39 is 17.8 Å². The van der Waals surface area contributed by atoms with Crippen LogP contribution in [0.15, 0.2) is 34.1 Å². The number of aliphatic carboxylic acids is 1. The van der Waals surface area contributed by atoms with E-state index in [1.54, 1.807) is 0 Å². The van der Waals surface area contributed by atoms with Crippen LogP contribution in [0.25, 0.3) is 11.3 Å². The number of anilines is 1. The van der Waals surface area contributed by atoms with Crippen molar-refractivity contribution in [1.82, 2.24) is 4.98 Å². The molecule has 24 heavy (non-hydrogen) atoms. The van der Waals surface area contributed by atoms with E-state index in [4.69, 9.17) is 0 Å². The molecule has 0 aliphatic heterocycles. The molecular formula is C17H17BrN2O3S. The third kappa shape index (κ3) is 3.84. The van der Waals surface area contributed by atoms with Gasteiger partial charge in [-0.1, -0.05) is 40.9 Å². The SMILES string of the molecule is O=C(O)[C@H]1CCCC[C@@H]1C(=O)Nc1nc(-c2ccc(Br)cc2)cs1. The van der Waals surface area contributed by atoms with E-state index >= 15 is 0 Å². The fourth-order valence-corrected chi connectivity index (χ4v) is 4.01. The van der Waals surface area contributed by atoms with Crippen LogP contribution in [-0.2, 0) is 9.59 Å². The van der Waals surface area contributed by atoms with E-state index in [1.165, 1.54) is 11.3 Å². The van der Waals surface area contributed by atoms with E-state index in [-0.39, 0.29) is 5.91 Å². The first-order chi connectivity index (χ1) is 11.5. The molecule has 0 spiro atoms. The third-order valence-electron chi connectivity index (χ3n) is 4.29. The molecule has 1 amide bonds. The van der Waals surface area contributed by atoms with Crippen molar-refractivity contribution in [1.29, 1.82) is 0 Å². The topological polar surface area (TPSA) is 79.3 Å². The Labute approximate surface area is 152 Å². The molecule has 1 aromatic heterocycles. The number of rotatable bonds is 4. The Balaban J connectivity index is 1.70. The Morgan fingerprint density at radius 1 is 1.17 bits per heavy atom. The monoisotopic (exact) mass is 408 g/mol. The van der Waals surface area contributed by atoms with Gasteiger partial charge in [-0.25, -0.2) is 4.98 Å². The number of carbonyl (C=O) groups is 2. The molecule has 1 heterocycles. The van der Waals surface area contributed by atoms with Gasteiger partial charge in [0.15, 0.2) is 5.13 Å². The number of carboxylic acids is 1. The van der Waals surface area contributed by atoms with E-state index in [0.29, 0.717) is 18.0 Å². The first kappa shape index (κ1) is 17.1. The molecule has 0 radical (unpaired) electrons. The molecule has 126 valence electrons. The van der Waals surface area contributed by atoms with E-state index in [9.17, 15) is 14.7 Å². The second-order valence-electron chi connectivity index (χ2n) is 5.87. The minimum atomic E-state index is -0.885. The molecule has 0 bridgehead atoms. The van der Waals surface area contributed by atoms with Crippen molar-refractivity contribution in [2.24, 2.45) is 11.8 Å². The molecule has 2 N–H and O–H groups in total. The highest BCUT2D eigenvalue weighted by atomic mass is 79.9. The Bertz CT molecular complexity index is 745. The normalized spacial score (nSPS) is 20.5. The minimum Gasteiger partial charge on any atom is -0.481 e. The molecule has 3 rings (SSSR count). The maximum absolute atomic E-state index is 12.5. The van der Waals surface area contributed by atoms with Gasteiger partial charge in [-0.3, -0.25) is 9.59 Å². The Kier molecular flexibility index (Phi) is 5.30. The Morgan fingerprint density at radius 2 is 1.83 bits per heavy atom. The molecule has 1 aliphatic carbocycles. The predicted molar refractivity (Wildman–Crippen MR) is 97.0 cm³/mol. The van der Waals surface area contributed by atoms with Gasteiger partial charge in [-0.15, -0.1) is 11.3 Å². The number of amides is 1. The number of carboxylic acid groups (broad SMARTS) is 1. The van der Waals surface area contributed by atoms with Gasteiger partial charge in [-0.2, -0.15) is 0 Å². The summed E-state index contributed by atoms with van der Waals surface area (Å²) in [5, 5.41) is 14.5. The van der Waals surface area contributed by atoms with Crippen molar-refractivity contribution >= 4 is 44.3 Å². The number of halogens is 1. The van der Waals surface area contributed by atoms with Crippen LogP contribution in [0, 0.1) is 11.8 Å². The van der Waals surface area contributed by atoms with Crippen LogP contribution >= 0.6 is 27.3 Å². The van der Waals surface area contributed by atoms with Gasteiger partial charge in [0.1, 0.15) is 0 Å². The number of hydrogen-bond donors (Lipinski definition) is 2.